The van der Waals surface area contributed by atoms with E-state index in [1.54, 1.807) is 0 Å². The summed E-state index contributed by atoms with van der Waals surface area (Å²) in [4.78, 5) is 1.27. The molecule has 156 valence electrons. The third kappa shape index (κ3) is 15.5. The summed E-state index contributed by atoms with van der Waals surface area (Å²) in [5, 5.41) is 7.37. The number of hydrogen-bond donors (Lipinski definition) is 1. The van der Waals surface area contributed by atoms with Gasteiger partial charge >= 0.3 is 0 Å². The highest BCUT2D eigenvalue weighted by molar-refractivity contribution is 8.03. The van der Waals surface area contributed by atoms with E-state index in [-0.39, 0.29) is 0 Å². The second-order valence-electron chi connectivity index (χ2n) is 7.18. The largest absolute Gasteiger partial charge is 0.308 e. The first-order valence-electron chi connectivity index (χ1n) is 10.7. The van der Waals surface area contributed by atoms with Crippen LogP contribution in [0.2, 0.25) is 0 Å². The van der Waals surface area contributed by atoms with Gasteiger partial charge < -0.3 is 5.41 Å². The second kappa shape index (κ2) is 18.8. The van der Waals surface area contributed by atoms with E-state index >= 15 is 0 Å². The summed E-state index contributed by atoms with van der Waals surface area (Å²) in [6.45, 7) is 16.4. The molecule has 0 aliphatic carbocycles. The average Bonchev–Trinajstić information content (AvgIpc) is 2.68. The molecule has 0 aliphatic heterocycles. The van der Waals surface area contributed by atoms with Crippen molar-refractivity contribution in [2.75, 3.05) is 5.75 Å². The maximum Gasteiger partial charge on any atom is 0.0209 e. The Balaban J connectivity index is 4.20. The van der Waals surface area contributed by atoms with Crippen LogP contribution in [0.4, 0.5) is 0 Å². The van der Waals surface area contributed by atoms with E-state index in [9.17, 15) is 0 Å². The summed E-state index contributed by atoms with van der Waals surface area (Å²) in [6, 6.07) is 0. The van der Waals surface area contributed by atoms with Crippen molar-refractivity contribution in [3.8, 4) is 0 Å². The van der Waals surface area contributed by atoms with Crippen molar-refractivity contribution < 1.29 is 0 Å². The van der Waals surface area contributed by atoms with Crippen LogP contribution in [0, 0.1) is 5.41 Å². The van der Waals surface area contributed by atoms with E-state index in [2.05, 4.69) is 51.8 Å². The molecular weight excluding hydrogens is 358 g/mol. The Labute approximate surface area is 179 Å². The molecule has 0 rings (SSSR count). The van der Waals surface area contributed by atoms with Crippen molar-refractivity contribution in [3.05, 3.63) is 71.7 Å². The predicted octanol–water partition coefficient (Wildman–Crippen LogP) is 8.97. The monoisotopic (exact) mass is 399 g/mol. The molecule has 0 aromatic heterocycles. The summed E-state index contributed by atoms with van der Waals surface area (Å²) < 4.78 is 0. The molecule has 0 atom stereocenters. The Morgan fingerprint density at radius 2 is 1.68 bits per heavy atom. The van der Waals surface area contributed by atoms with Crippen LogP contribution in [0.5, 0.6) is 0 Å². The molecule has 0 aromatic carbocycles. The molecule has 28 heavy (non-hydrogen) atoms. The minimum absolute atomic E-state index is 0.785. The van der Waals surface area contributed by atoms with Crippen molar-refractivity contribution in [2.45, 2.75) is 78.1 Å². The summed E-state index contributed by atoms with van der Waals surface area (Å²) >= 11 is 1.92. The van der Waals surface area contributed by atoms with Crippen LogP contribution in [0.1, 0.15) is 78.1 Å². The number of allylic oxidation sites excluding steroid dienone is 8. The number of rotatable bonds is 18. The minimum Gasteiger partial charge on any atom is -0.308 e. The highest BCUT2D eigenvalue weighted by atomic mass is 32.2. The first-order chi connectivity index (χ1) is 13.6. The van der Waals surface area contributed by atoms with Gasteiger partial charge in [0.25, 0.3) is 0 Å². The molecule has 1 nitrogen and oxygen atoms in total. The van der Waals surface area contributed by atoms with Gasteiger partial charge in [-0.05, 0) is 43.1 Å². The van der Waals surface area contributed by atoms with Gasteiger partial charge in [-0.25, -0.2) is 0 Å². The SMILES string of the molecule is C=C/C=C(\C=C/CC(=C)CC(=C)/C=C(/C=N)CC)SCCCCCCCCC. The zero-order valence-electron chi connectivity index (χ0n) is 18.3. The first-order valence-corrected chi connectivity index (χ1v) is 11.7. The van der Waals surface area contributed by atoms with Gasteiger partial charge in [0.2, 0.25) is 0 Å². The number of unbranched alkanes of at least 4 members (excludes halogenated alkanes) is 6. The quantitative estimate of drug-likeness (QED) is 0.106. The topological polar surface area (TPSA) is 23.9 Å². The fraction of sp³-hybridized carbons (Fsp3) is 0.500. The zero-order chi connectivity index (χ0) is 21.0. The van der Waals surface area contributed by atoms with Crippen LogP contribution in [0.25, 0.3) is 0 Å². The van der Waals surface area contributed by atoms with Crippen LogP contribution in [0.15, 0.2) is 71.7 Å². The van der Waals surface area contributed by atoms with E-state index in [4.69, 9.17) is 5.41 Å². The lowest BCUT2D eigenvalue weighted by atomic mass is 10.0. The van der Waals surface area contributed by atoms with E-state index in [0.717, 1.165) is 36.0 Å². The summed E-state index contributed by atoms with van der Waals surface area (Å²) in [5.74, 6) is 1.17. The van der Waals surface area contributed by atoms with Crippen molar-refractivity contribution in [2.24, 2.45) is 0 Å². The molecule has 0 fully saturated rings. The molecule has 0 bridgehead atoms. The number of hydrogen-bond acceptors (Lipinski definition) is 2. The summed E-state index contributed by atoms with van der Waals surface area (Å²) in [6.07, 6.45) is 23.7. The molecule has 0 heterocycles. The van der Waals surface area contributed by atoms with Crippen molar-refractivity contribution in [3.63, 3.8) is 0 Å². The van der Waals surface area contributed by atoms with Gasteiger partial charge in [-0.3, -0.25) is 0 Å². The first kappa shape index (κ1) is 26.5. The maximum absolute atomic E-state index is 7.37. The van der Waals surface area contributed by atoms with Crippen LogP contribution in [-0.2, 0) is 0 Å². The van der Waals surface area contributed by atoms with Crippen LogP contribution in [0.3, 0.4) is 0 Å². The third-order valence-electron chi connectivity index (χ3n) is 4.45. The molecule has 1 N–H and O–H groups in total. The predicted molar refractivity (Wildman–Crippen MR) is 133 cm³/mol. The molecule has 0 aliphatic rings. The summed E-state index contributed by atoms with van der Waals surface area (Å²) in [5.41, 5.74) is 3.17. The van der Waals surface area contributed by atoms with E-state index in [1.165, 1.54) is 61.8 Å². The molecule has 0 spiro atoms. The van der Waals surface area contributed by atoms with Gasteiger partial charge in [-0.1, -0.05) is 108 Å². The fourth-order valence-electron chi connectivity index (χ4n) is 2.81. The molecule has 0 radical (unpaired) electrons. The molecule has 0 saturated carbocycles. The van der Waals surface area contributed by atoms with Crippen molar-refractivity contribution >= 4 is 18.0 Å². The van der Waals surface area contributed by atoms with Crippen molar-refractivity contribution in [1.29, 1.82) is 5.41 Å². The second-order valence-corrected chi connectivity index (χ2v) is 8.35. The lowest BCUT2D eigenvalue weighted by Gasteiger charge is -2.05. The zero-order valence-corrected chi connectivity index (χ0v) is 19.1. The molecule has 0 aromatic rings. The minimum atomic E-state index is 0.785. The Kier molecular flexibility index (Phi) is 17.8. The Morgan fingerprint density at radius 1 is 1.00 bits per heavy atom. The van der Waals surface area contributed by atoms with Gasteiger partial charge in [0.15, 0.2) is 0 Å². The Hall–Kier alpha value is -1.54. The fourth-order valence-corrected chi connectivity index (χ4v) is 3.78. The van der Waals surface area contributed by atoms with Gasteiger partial charge in [0.1, 0.15) is 0 Å². The number of thioether (sulfide) groups is 1. The van der Waals surface area contributed by atoms with Gasteiger partial charge in [0.05, 0.1) is 0 Å². The Bertz CT molecular complexity index is 563. The highest BCUT2D eigenvalue weighted by Crippen LogP contribution is 2.21. The number of nitrogens with one attached hydrogen (secondary N) is 1. The van der Waals surface area contributed by atoms with Crippen LogP contribution >= 0.6 is 11.8 Å². The third-order valence-corrected chi connectivity index (χ3v) is 5.55. The van der Waals surface area contributed by atoms with Gasteiger partial charge in [0, 0.05) is 11.1 Å². The molecule has 0 amide bonds. The molecule has 0 saturated heterocycles. The molecular formula is C26H41NS. The molecule has 0 unspecified atom stereocenters. The average molecular weight is 400 g/mol. The normalized spacial score (nSPS) is 12.4. The Morgan fingerprint density at radius 3 is 2.29 bits per heavy atom. The molecule has 2 heteroatoms. The standard InChI is InChI=1S/C26H41NS/c1-6-9-10-11-12-13-14-19-28-26(16-7-2)18-15-17-23(4)20-24(5)21-25(8-3)22-27/h7,15-16,18,21-22,27H,2,4-6,8-14,17,19-20H2,1,3H3/b18-15-,25-21+,26-16+,27-22?. The van der Waals surface area contributed by atoms with E-state index in [1.807, 2.05) is 23.9 Å². The highest BCUT2D eigenvalue weighted by Gasteiger charge is 1.98. The van der Waals surface area contributed by atoms with E-state index < -0.39 is 0 Å². The van der Waals surface area contributed by atoms with Crippen molar-refractivity contribution in [1.82, 2.24) is 0 Å². The lowest BCUT2D eigenvalue weighted by molar-refractivity contribution is 0.604. The lowest BCUT2D eigenvalue weighted by Crippen LogP contribution is -1.87. The van der Waals surface area contributed by atoms with Crippen LogP contribution in [-0.4, -0.2) is 12.0 Å². The summed E-state index contributed by atoms with van der Waals surface area (Å²) in [7, 11) is 0. The van der Waals surface area contributed by atoms with Gasteiger partial charge in [-0.2, -0.15) is 0 Å². The maximum atomic E-state index is 7.37. The van der Waals surface area contributed by atoms with Gasteiger partial charge in [-0.15, -0.1) is 11.8 Å². The smallest absolute Gasteiger partial charge is 0.0209 e. The van der Waals surface area contributed by atoms with Crippen LogP contribution < -0.4 is 0 Å². The van der Waals surface area contributed by atoms with E-state index in [0.29, 0.717) is 0 Å².